The minimum Gasteiger partial charge on any atom is -0.462 e. The van der Waals surface area contributed by atoms with Gasteiger partial charge in [0.05, 0.1) is 0 Å². The molecule has 0 aliphatic carbocycles. The minimum absolute atomic E-state index is 0.0884. The lowest BCUT2D eigenvalue weighted by molar-refractivity contribution is -0.167. The van der Waals surface area contributed by atoms with Crippen molar-refractivity contribution in [2.75, 3.05) is 13.2 Å². The smallest absolute Gasteiger partial charge is 0.306 e. The van der Waals surface area contributed by atoms with Crippen molar-refractivity contribution in [3.63, 3.8) is 0 Å². The number of esters is 3. The molecule has 0 N–H and O–H groups in total. The molecule has 0 aromatic rings. The predicted octanol–water partition coefficient (Wildman–Crippen LogP) is 24.6. The van der Waals surface area contributed by atoms with E-state index in [4.69, 9.17) is 14.2 Å². The van der Waals surface area contributed by atoms with Gasteiger partial charge in [-0.15, -0.1) is 0 Å². The molecule has 0 saturated heterocycles. The van der Waals surface area contributed by atoms with Gasteiger partial charge in [-0.1, -0.05) is 304 Å². The quantitative estimate of drug-likeness (QED) is 0.0261. The average molecular weight is 1150 g/mol. The Morgan fingerprint density at radius 2 is 0.470 bits per heavy atom. The highest BCUT2D eigenvalue weighted by Gasteiger charge is 2.19. The third-order valence-electron chi connectivity index (χ3n) is 15.2. The van der Waals surface area contributed by atoms with Gasteiger partial charge in [-0.2, -0.15) is 0 Å². The molecule has 0 rings (SSSR count). The zero-order chi connectivity index (χ0) is 59.9. The van der Waals surface area contributed by atoms with Gasteiger partial charge in [-0.3, -0.25) is 14.4 Å². The van der Waals surface area contributed by atoms with Gasteiger partial charge in [0, 0.05) is 19.3 Å². The Balaban J connectivity index is 4.42. The van der Waals surface area contributed by atoms with Crippen LogP contribution in [0.1, 0.15) is 342 Å². The summed E-state index contributed by atoms with van der Waals surface area (Å²) in [5.41, 5.74) is 0. The van der Waals surface area contributed by atoms with Crippen molar-refractivity contribution in [1.82, 2.24) is 0 Å². The summed E-state index contributed by atoms with van der Waals surface area (Å²) in [5, 5.41) is 0. The fraction of sp³-hybridized carbons (Fsp3) is 0.727. The lowest BCUT2D eigenvalue weighted by Gasteiger charge is -2.18. The van der Waals surface area contributed by atoms with E-state index >= 15 is 0 Å². The summed E-state index contributed by atoms with van der Waals surface area (Å²) in [4.78, 5) is 38.5. The zero-order valence-electron chi connectivity index (χ0n) is 54.7. The van der Waals surface area contributed by atoms with Gasteiger partial charge in [0.25, 0.3) is 0 Å². The second-order valence-corrected chi connectivity index (χ2v) is 23.4. The van der Waals surface area contributed by atoms with E-state index in [0.29, 0.717) is 19.3 Å². The fourth-order valence-corrected chi connectivity index (χ4v) is 9.94. The van der Waals surface area contributed by atoms with Crippen LogP contribution in [0.5, 0.6) is 0 Å². The van der Waals surface area contributed by atoms with Crippen molar-refractivity contribution in [3.8, 4) is 0 Å². The molecular weight excluding hydrogens is 1020 g/mol. The van der Waals surface area contributed by atoms with Crippen LogP contribution in [0.3, 0.4) is 0 Å². The van der Waals surface area contributed by atoms with Crippen molar-refractivity contribution < 1.29 is 28.6 Å². The zero-order valence-corrected chi connectivity index (χ0v) is 54.7. The molecule has 0 aromatic heterocycles. The SMILES string of the molecule is CC/C=C\C/C=C\C/C=C\C/C=C\C/C=C\CCCCCCCCCC(=O)OCC(COC(=O)CCCCCCCC/C=C\C/C=C\C/C=C\CCCCC)OC(=O)CCCCCCCCCCCCC/C=C\CCCCCCCCCC. The number of carbonyl (C=O) groups excluding carboxylic acids is 3. The molecule has 476 valence electrons. The molecule has 1 atom stereocenters. The summed E-state index contributed by atoms with van der Waals surface area (Å²) in [5.74, 6) is -0.898. The molecule has 0 heterocycles. The summed E-state index contributed by atoms with van der Waals surface area (Å²) in [7, 11) is 0. The van der Waals surface area contributed by atoms with Gasteiger partial charge < -0.3 is 14.2 Å². The van der Waals surface area contributed by atoms with Crippen LogP contribution in [0.2, 0.25) is 0 Å². The molecule has 0 radical (unpaired) electrons. The summed E-state index contributed by atoms with van der Waals surface area (Å²) >= 11 is 0. The second-order valence-electron chi connectivity index (χ2n) is 23.4. The number of hydrogen-bond acceptors (Lipinski definition) is 6. The lowest BCUT2D eigenvalue weighted by atomic mass is 10.0. The largest absolute Gasteiger partial charge is 0.462 e. The first-order valence-electron chi connectivity index (χ1n) is 35.4. The molecule has 0 fully saturated rings. The van der Waals surface area contributed by atoms with E-state index in [2.05, 4.69) is 130 Å². The number of ether oxygens (including phenoxy) is 3. The summed E-state index contributed by atoms with van der Waals surface area (Å²) < 4.78 is 17.0. The topological polar surface area (TPSA) is 78.9 Å². The number of hydrogen-bond donors (Lipinski definition) is 0. The third kappa shape index (κ3) is 68.7. The van der Waals surface area contributed by atoms with Gasteiger partial charge in [0.15, 0.2) is 6.10 Å². The first-order chi connectivity index (χ1) is 41.0. The van der Waals surface area contributed by atoms with Crippen LogP contribution in [0.4, 0.5) is 0 Å². The van der Waals surface area contributed by atoms with Crippen molar-refractivity contribution in [3.05, 3.63) is 109 Å². The Kier molecular flexibility index (Phi) is 67.2. The highest BCUT2D eigenvalue weighted by Crippen LogP contribution is 2.17. The molecule has 0 spiro atoms. The standard InChI is InChI=1S/C77H132O6/c1-4-7-10-13-16-19-22-25-28-31-34-36-38-40-43-46-49-52-55-58-61-64-67-70-76(79)82-73-74(72-81-75(78)69-66-63-60-57-54-51-48-45-42-33-30-27-24-21-18-15-12-9-6-3)83-77(80)71-68-65-62-59-56-53-50-47-44-41-39-37-35-32-29-26-23-20-17-14-11-8-5-2/h7,10,16,18-19,21,25,27-28,30,32,34-36,40,42-43,45,74H,4-6,8-9,11-15,17,20,22-24,26,29,31,33,37-39,41,44,46-73H2,1-3H3/b10-7-,19-16-,21-18-,28-25-,30-27-,35-32-,36-34-,43-40-,45-42-. The third-order valence-corrected chi connectivity index (χ3v) is 15.2. The molecular formula is C77H132O6. The molecule has 0 aliphatic rings. The highest BCUT2D eigenvalue weighted by atomic mass is 16.6. The molecule has 0 aliphatic heterocycles. The Morgan fingerprint density at radius 3 is 0.771 bits per heavy atom. The molecule has 6 nitrogen and oxygen atoms in total. The maximum Gasteiger partial charge on any atom is 0.306 e. The van der Waals surface area contributed by atoms with Crippen LogP contribution in [-0.2, 0) is 28.6 Å². The Hall–Kier alpha value is -3.93. The van der Waals surface area contributed by atoms with Gasteiger partial charge >= 0.3 is 17.9 Å². The summed E-state index contributed by atoms with van der Waals surface area (Å²) in [6.07, 6.45) is 96.7. The summed E-state index contributed by atoms with van der Waals surface area (Å²) in [6, 6.07) is 0. The number of unbranched alkanes of at least 4 members (excludes halogenated alkanes) is 35. The monoisotopic (exact) mass is 1150 g/mol. The predicted molar refractivity (Wildman–Crippen MR) is 362 cm³/mol. The van der Waals surface area contributed by atoms with E-state index in [9.17, 15) is 14.4 Å². The molecule has 0 amide bonds. The Labute approximate surface area is 514 Å². The molecule has 1 unspecified atom stereocenters. The van der Waals surface area contributed by atoms with E-state index in [-0.39, 0.29) is 31.1 Å². The van der Waals surface area contributed by atoms with Crippen molar-refractivity contribution in [1.29, 1.82) is 0 Å². The highest BCUT2D eigenvalue weighted by molar-refractivity contribution is 5.71. The van der Waals surface area contributed by atoms with Crippen LogP contribution in [0.15, 0.2) is 109 Å². The second kappa shape index (κ2) is 70.6. The first-order valence-corrected chi connectivity index (χ1v) is 35.4. The van der Waals surface area contributed by atoms with E-state index in [0.717, 1.165) is 116 Å². The summed E-state index contributed by atoms with van der Waals surface area (Å²) in [6.45, 7) is 6.52. The van der Waals surface area contributed by atoms with Gasteiger partial charge in [-0.25, -0.2) is 0 Å². The van der Waals surface area contributed by atoms with Crippen LogP contribution in [-0.4, -0.2) is 37.2 Å². The maximum atomic E-state index is 13.0. The van der Waals surface area contributed by atoms with E-state index in [1.165, 1.54) is 186 Å². The molecule has 6 heteroatoms. The first kappa shape index (κ1) is 79.1. The van der Waals surface area contributed by atoms with Crippen molar-refractivity contribution in [2.45, 2.75) is 348 Å². The number of allylic oxidation sites excluding steroid dienone is 18. The van der Waals surface area contributed by atoms with E-state index in [1.54, 1.807) is 0 Å². The lowest BCUT2D eigenvalue weighted by Crippen LogP contribution is -2.30. The van der Waals surface area contributed by atoms with Crippen LogP contribution in [0.25, 0.3) is 0 Å². The van der Waals surface area contributed by atoms with Crippen LogP contribution in [0, 0.1) is 0 Å². The minimum atomic E-state index is -0.793. The Bertz CT molecular complexity index is 1660. The molecule has 83 heavy (non-hydrogen) atoms. The maximum absolute atomic E-state index is 13.0. The van der Waals surface area contributed by atoms with Crippen molar-refractivity contribution >= 4 is 17.9 Å². The normalized spacial score (nSPS) is 12.8. The van der Waals surface area contributed by atoms with Crippen LogP contribution >= 0.6 is 0 Å². The molecule has 0 aromatic carbocycles. The van der Waals surface area contributed by atoms with E-state index < -0.39 is 6.10 Å². The number of rotatable bonds is 64. The Morgan fingerprint density at radius 1 is 0.253 bits per heavy atom. The van der Waals surface area contributed by atoms with E-state index in [1.807, 2.05) is 0 Å². The van der Waals surface area contributed by atoms with Crippen molar-refractivity contribution in [2.24, 2.45) is 0 Å². The number of carbonyl (C=O) groups is 3. The van der Waals surface area contributed by atoms with Crippen LogP contribution < -0.4 is 0 Å². The molecule has 0 bridgehead atoms. The average Bonchev–Trinajstić information content (AvgIpc) is 3.49. The van der Waals surface area contributed by atoms with Gasteiger partial charge in [-0.05, 0) is 128 Å². The fourth-order valence-electron chi connectivity index (χ4n) is 9.94. The molecule has 0 saturated carbocycles. The van der Waals surface area contributed by atoms with Gasteiger partial charge in [0.2, 0.25) is 0 Å². The van der Waals surface area contributed by atoms with Gasteiger partial charge in [0.1, 0.15) is 13.2 Å².